The monoisotopic (exact) mass is 172 g/mol. The fourth-order valence-corrected chi connectivity index (χ4v) is 2.78. The molecule has 11 heavy (non-hydrogen) atoms. The molecular formula is C8H16N2S. The van der Waals surface area contributed by atoms with Gasteiger partial charge in [-0.2, -0.15) is 11.8 Å². The van der Waals surface area contributed by atoms with Crippen LogP contribution in [0.4, 0.5) is 0 Å². The smallest absolute Gasteiger partial charge is 0.0281 e. The molecule has 1 aliphatic heterocycles. The minimum Gasteiger partial charge on any atom is -0.271 e. The fraction of sp³-hybridized carbons (Fsp3) is 0.750. The Hall–Kier alpha value is 0.0100. The van der Waals surface area contributed by atoms with Gasteiger partial charge in [0.2, 0.25) is 0 Å². The van der Waals surface area contributed by atoms with Crippen LogP contribution in [-0.4, -0.2) is 17.5 Å². The summed E-state index contributed by atoms with van der Waals surface area (Å²) in [6.07, 6.45) is 4.22. The number of thioether (sulfide) groups is 1. The van der Waals surface area contributed by atoms with Crippen LogP contribution in [0.15, 0.2) is 12.7 Å². The molecule has 0 saturated carbocycles. The Morgan fingerprint density at radius 2 is 2.64 bits per heavy atom. The maximum absolute atomic E-state index is 5.43. The summed E-state index contributed by atoms with van der Waals surface area (Å²) >= 11 is 2.02. The molecule has 3 N–H and O–H groups in total. The number of hydrazine groups is 1. The number of hydrogen-bond donors (Lipinski definition) is 2. The highest BCUT2D eigenvalue weighted by Gasteiger charge is 2.23. The third-order valence-corrected chi connectivity index (χ3v) is 3.36. The van der Waals surface area contributed by atoms with Gasteiger partial charge >= 0.3 is 0 Å². The van der Waals surface area contributed by atoms with Crippen molar-refractivity contribution in [2.24, 2.45) is 11.8 Å². The molecule has 1 saturated heterocycles. The van der Waals surface area contributed by atoms with E-state index in [1.54, 1.807) is 0 Å². The standard InChI is InChI=1S/C8H16N2S/c1-2-3-8(10-9)7-4-5-11-6-7/h2,7-8,10H,1,3-6,9H2. The second-order valence-electron chi connectivity index (χ2n) is 2.92. The van der Waals surface area contributed by atoms with E-state index in [0.717, 1.165) is 12.3 Å². The summed E-state index contributed by atoms with van der Waals surface area (Å²) in [6.45, 7) is 3.72. The molecule has 1 fully saturated rings. The van der Waals surface area contributed by atoms with Crippen LogP contribution in [0.1, 0.15) is 12.8 Å². The van der Waals surface area contributed by atoms with Gasteiger partial charge in [0.15, 0.2) is 0 Å². The minimum absolute atomic E-state index is 0.447. The Bertz CT molecular complexity index is 121. The molecule has 2 nitrogen and oxygen atoms in total. The van der Waals surface area contributed by atoms with E-state index >= 15 is 0 Å². The maximum atomic E-state index is 5.43. The Morgan fingerprint density at radius 1 is 1.82 bits per heavy atom. The van der Waals surface area contributed by atoms with Crippen molar-refractivity contribution in [1.82, 2.24) is 5.43 Å². The van der Waals surface area contributed by atoms with Crippen molar-refractivity contribution in [3.8, 4) is 0 Å². The van der Waals surface area contributed by atoms with Gasteiger partial charge in [0.1, 0.15) is 0 Å². The third kappa shape index (κ3) is 2.51. The molecule has 3 heteroatoms. The molecular weight excluding hydrogens is 156 g/mol. The van der Waals surface area contributed by atoms with Crippen molar-refractivity contribution in [1.29, 1.82) is 0 Å². The number of hydrogen-bond acceptors (Lipinski definition) is 3. The van der Waals surface area contributed by atoms with Gasteiger partial charge in [0.05, 0.1) is 0 Å². The summed E-state index contributed by atoms with van der Waals surface area (Å²) < 4.78 is 0. The van der Waals surface area contributed by atoms with Gasteiger partial charge < -0.3 is 0 Å². The maximum Gasteiger partial charge on any atom is 0.0281 e. The van der Waals surface area contributed by atoms with Gasteiger partial charge in [0.25, 0.3) is 0 Å². The highest BCUT2D eigenvalue weighted by atomic mass is 32.2. The number of nitrogens with two attached hydrogens (primary N) is 1. The number of rotatable bonds is 4. The van der Waals surface area contributed by atoms with Crippen LogP contribution in [0.5, 0.6) is 0 Å². The van der Waals surface area contributed by atoms with Gasteiger partial charge in [-0.25, -0.2) is 0 Å². The summed E-state index contributed by atoms with van der Waals surface area (Å²) in [5.74, 6) is 8.73. The van der Waals surface area contributed by atoms with Crippen molar-refractivity contribution in [3.63, 3.8) is 0 Å². The third-order valence-electron chi connectivity index (χ3n) is 2.17. The molecule has 0 aromatic heterocycles. The molecule has 0 aliphatic carbocycles. The van der Waals surface area contributed by atoms with Crippen molar-refractivity contribution >= 4 is 11.8 Å². The van der Waals surface area contributed by atoms with Crippen LogP contribution >= 0.6 is 11.8 Å². The second-order valence-corrected chi connectivity index (χ2v) is 4.07. The molecule has 0 aromatic carbocycles. The summed E-state index contributed by atoms with van der Waals surface area (Å²) in [5.41, 5.74) is 2.86. The lowest BCUT2D eigenvalue weighted by molar-refractivity contribution is 0.391. The van der Waals surface area contributed by atoms with E-state index in [2.05, 4.69) is 12.0 Å². The quantitative estimate of drug-likeness (QED) is 0.379. The zero-order valence-electron chi connectivity index (χ0n) is 6.75. The van der Waals surface area contributed by atoms with Crippen LogP contribution in [0.2, 0.25) is 0 Å². The lowest BCUT2D eigenvalue weighted by Gasteiger charge is -2.19. The minimum atomic E-state index is 0.447. The predicted molar refractivity (Wildman–Crippen MR) is 51.4 cm³/mol. The Morgan fingerprint density at radius 3 is 3.09 bits per heavy atom. The average Bonchev–Trinajstić information content (AvgIpc) is 2.52. The van der Waals surface area contributed by atoms with Crippen LogP contribution < -0.4 is 11.3 Å². The second kappa shape index (κ2) is 4.80. The number of nitrogens with one attached hydrogen (secondary N) is 1. The highest BCUT2D eigenvalue weighted by Crippen LogP contribution is 2.27. The molecule has 1 aliphatic rings. The SMILES string of the molecule is C=CCC(NN)C1CCSC1. The first-order valence-corrected chi connectivity index (χ1v) is 5.18. The van der Waals surface area contributed by atoms with Crippen LogP contribution in [0.3, 0.4) is 0 Å². The molecule has 0 spiro atoms. The Kier molecular flexibility index (Phi) is 3.97. The lowest BCUT2D eigenvalue weighted by Crippen LogP contribution is -2.40. The molecule has 2 atom stereocenters. The zero-order chi connectivity index (χ0) is 8.10. The Labute approximate surface area is 72.6 Å². The van der Waals surface area contributed by atoms with Crippen LogP contribution in [-0.2, 0) is 0 Å². The summed E-state index contributed by atoms with van der Waals surface area (Å²) in [6, 6.07) is 0.447. The molecule has 0 bridgehead atoms. The van der Waals surface area contributed by atoms with Crippen molar-refractivity contribution < 1.29 is 0 Å². The van der Waals surface area contributed by atoms with E-state index in [9.17, 15) is 0 Å². The molecule has 0 amide bonds. The molecule has 1 heterocycles. The van der Waals surface area contributed by atoms with E-state index in [0.29, 0.717) is 6.04 Å². The topological polar surface area (TPSA) is 38.0 Å². The summed E-state index contributed by atoms with van der Waals surface area (Å²) in [5, 5.41) is 0. The largest absolute Gasteiger partial charge is 0.271 e. The van der Waals surface area contributed by atoms with Gasteiger partial charge in [-0.15, -0.1) is 6.58 Å². The average molecular weight is 172 g/mol. The Balaban J connectivity index is 2.33. The van der Waals surface area contributed by atoms with Crippen molar-refractivity contribution in [2.45, 2.75) is 18.9 Å². The van der Waals surface area contributed by atoms with E-state index in [1.807, 2.05) is 17.8 Å². The molecule has 0 aromatic rings. The summed E-state index contributed by atoms with van der Waals surface area (Å²) in [4.78, 5) is 0. The van der Waals surface area contributed by atoms with E-state index in [4.69, 9.17) is 5.84 Å². The first-order valence-electron chi connectivity index (χ1n) is 4.03. The first-order chi connectivity index (χ1) is 5.38. The first kappa shape index (κ1) is 9.10. The normalized spacial score (nSPS) is 26.8. The highest BCUT2D eigenvalue weighted by molar-refractivity contribution is 7.99. The van der Waals surface area contributed by atoms with Crippen molar-refractivity contribution in [2.75, 3.05) is 11.5 Å². The molecule has 2 unspecified atom stereocenters. The molecule has 1 rings (SSSR count). The van der Waals surface area contributed by atoms with Crippen LogP contribution in [0.25, 0.3) is 0 Å². The molecule has 0 radical (unpaired) electrons. The van der Waals surface area contributed by atoms with E-state index in [-0.39, 0.29) is 0 Å². The van der Waals surface area contributed by atoms with Gasteiger partial charge in [-0.3, -0.25) is 11.3 Å². The predicted octanol–water partition coefficient (Wildman–Crippen LogP) is 1.15. The van der Waals surface area contributed by atoms with Crippen molar-refractivity contribution in [3.05, 3.63) is 12.7 Å². The fourth-order valence-electron chi connectivity index (χ4n) is 1.45. The summed E-state index contributed by atoms with van der Waals surface area (Å²) in [7, 11) is 0. The van der Waals surface area contributed by atoms with Gasteiger partial charge in [-0.1, -0.05) is 6.08 Å². The molecule has 64 valence electrons. The van der Waals surface area contributed by atoms with E-state index < -0.39 is 0 Å². The van der Waals surface area contributed by atoms with Gasteiger partial charge in [-0.05, 0) is 30.3 Å². The van der Waals surface area contributed by atoms with Gasteiger partial charge in [0, 0.05) is 6.04 Å². The zero-order valence-corrected chi connectivity index (χ0v) is 7.57. The van der Waals surface area contributed by atoms with Crippen LogP contribution in [0, 0.1) is 5.92 Å². The lowest BCUT2D eigenvalue weighted by atomic mass is 9.97. The van der Waals surface area contributed by atoms with E-state index in [1.165, 1.54) is 17.9 Å².